The standard InChI is InChI=1S/C8H14N2O2/c1-3-6-5-7(10-9-6)8(11)12-4-2/h7,10H,3-5H2,1-2H3. The Morgan fingerprint density at radius 2 is 2.50 bits per heavy atom. The largest absolute Gasteiger partial charge is 0.464 e. The molecule has 12 heavy (non-hydrogen) atoms. The third kappa shape index (κ3) is 1.96. The monoisotopic (exact) mass is 170 g/mol. The molecule has 0 amide bonds. The zero-order valence-corrected chi connectivity index (χ0v) is 7.46. The normalized spacial score (nSPS) is 21.5. The molecule has 0 spiro atoms. The van der Waals surface area contributed by atoms with Crippen molar-refractivity contribution in [3.63, 3.8) is 0 Å². The van der Waals surface area contributed by atoms with Gasteiger partial charge in [0.25, 0.3) is 0 Å². The Kier molecular flexibility index (Phi) is 3.08. The molecule has 68 valence electrons. The minimum absolute atomic E-state index is 0.204. The lowest BCUT2D eigenvalue weighted by Crippen LogP contribution is -2.31. The van der Waals surface area contributed by atoms with Crippen molar-refractivity contribution in [3.8, 4) is 0 Å². The molecule has 1 heterocycles. The van der Waals surface area contributed by atoms with E-state index in [4.69, 9.17) is 4.74 Å². The van der Waals surface area contributed by atoms with Crippen LogP contribution in [0.15, 0.2) is 5.10 Å². The zero-order chi connectivity index (χ0) is 8.97. The minimum atomic E-state index is -0.250. The molecule has 1 unspecified atom stereocenters. The van der Waals surface area contributed by atoms with Crippen LogP contribution in [-0.4, -0.2) is 24.3 Å². The lowest BCUT2D eigenvalue weighted by Gasteiger charge is -2.07. The zero-order valence-electron chi connectivity index (χ0n) is 7.46. The molecule has 0 aromatic rings. The molecule has 4 heteroatoms. The van der Waals surface area contributed by atoms with Gasteiger partial charge in [-0.25, -0.2) is 4.79 Å². The Balaban J connectivity index is 2.35. The van der Waals surface area contributed by atoms with Crippen molar-refractivity contribution in [2.24, 2.45) is 5.10 Å². The van der Waals surface area contributed by atoms with Gasteiger partial charge in [-0.05, 0) is 13.3 Å². The Morgan fingerprint density at radius 1 is 1.75 bits per heavy atom. The van der Waals surface area contributed by atoms with E-state index in [1.165, 1.54) is 0 Å². The number of hydrogen-bond acceptors (Lipinski definition) is 4. The predicted molar refractivity (Wildman–Crippen MR) is 45.9 cm³/mol. The first-order valence-corrected chi connectivity index (χ1v) is 4.25. The van der Waals surface area contributed by atoms with Crippen LogP contribution in [0.2, 0.25) is 0 Å². The van der Waals surface area contributed by atoms with Gasteiger partial charge >= 0.3 is 5.97 Å². The van der Waals surface area contributed by atoms with E-state index in [1.54, 1.807) is 6.92 Å². The molecule has 0 fully saturated rings. The Bertz CT molecular complexity index is 201. The molecule has 0 aromatic carbocycles. The molecule has 1 atom stereocenters. The fraction of sp³-hybridized carbons (Fsp3) is 0.750. The minimum Gasteiger partial charge on any atom is -0.464 e. The fourth-order valence-electron chi connectivity index (χ4n) is 1.10. The second-order valence-corrected chi connectivity index (χ2v) is 2.67. The van der Waals surface area contributed by atoms with E-state index in [2.05, 4.69) is 10.5 Å². The van der Waals surface area contributed by atoms with Crippen molar-refractivity contribution >= 4 is 11.7 Å². The Morgan fingerprint density at radius 3 is 3.00 bits per heavy atom. The topological polar surface area (TPSA) is 50.7 Å². The van der Waals surface area contributed by atoms with Crippen molar-refractivity contribution in [1.82, 2.24) is 5.43 Å². The summed E-state index contributed by atoms with van der Waals surface area (Å²) in [7, 11) is 0. The maximum atomic E-state index is 11.1. The van der Waals surface area contributed by atoms with Gasteiger partial charge in [-0.3, -0.25) is 5.43 Å². The molecule has 4 nitrogen and oxygen atoms in total. The summed E-state index contributed by atoms with van der Waals surface area (Å²) in [6.07, 6.45) is 1.58. The number of nitrogens with zero attached hydrogens (tertiary/aromatic N) is 1. The first-order valence-electron chi connectivity index (χ1n) is 4.25. The molecular formula is C8H14N2O2. The van der Waals surface area contributed by atoms with Crippen molar-refractivity contribution in [2.45, 2.75) is 32.7 Å². The Hall–Kier alpha value is -1.06. The number of rotatable bonds is 3. The third-order valence-corrected chi connectivity index (χ3v) is 1.80. The quantitative estimate of drug-likeness (QED) is 0.633. The second-order valence-electron chi connectivity index (χ2n) is 2.67. The van der Waals surface area contributed by atoms with Crippen LogP contribution in [0.4, 0.5) is 0 Å². The molecule has 0 bridgehead atoms. The maximum Gasteiger partial charge on any atom is 0.330 e. The van der Waals surface area contributed by atoms with Gasteiger partial charge in [-0.1, -0.05) is 6.92 Å². The van der Waals surface area contributed by atoms with E-state index < -0.39 is 0 Å². The highest BCUT2D eigenvalue weighted by atomic mass is 16.5. The van der Waals surface area contributed by atoms with E-state index in [9.17, 15) is 4.79 Å². The lowest BCUT2D eigenvalue weighted by atomic mass is 10.1. The number of hydrogen-bond donors (Lipinski definition) is 1. The molecule has 1 rings (SSSR count). The van der Waals surface area contributed by atoms with Crippen molar-refractivity contribution < 1.29 is 9.53 Å². The number of carbonyl (C=O) groups excluding carboxylic acids is 1. The summed E-state index contributed by atoms with van der Waals surface area (Å²) in [5, 5.41) is 4.00. The van der Waals surface area contributed by atoms with Crippen molar-refractivity contribution in [3.05, 3.63) is 0 Å². The van der Waals surface area contributed by atoms with E-state index in [1.807, 2.05) is 6.92 Å². The highest BCUT2D eigenvalue weighted by molar-refractivity contribution is 5.92. The maximum absolute atomic E-state index is 11.1. The number of nitrogens with one attached hydrogen (secondary N) is 1. The predicted octanol–water partition coefficient (Wildman–Crippen LogP) is 0.677. The van der Waals surface area contributed by atoms with Crippen LogP contribution < -0.4 is 5.43 Å². The molecule has 0 aliphatic carbocycles. The van der Waals surface area contributed by atoms with Crippen LogP contribution in [-0.2, 0) is 9.53 Å². The van der Waals surface area contributed by atoms with Crippen LogP contribution in [0.1, 0.15) is 26.7 Å². The van der Waals surface area contributed by atoms with Gasteiger partial charge < -0.3 is 4.74 Å². The van der Waals surface area contributed by atoms with E-state index in [-0.39, 0.29) is 12.0 Å². The average Bonchev–Trinajstić information content (AvgIpc) is 2.52. The van der Waals surface area contributed by atoms with E-state index in [0.29, 0.717) is 13.0 Å². The first-order chi connectivity index (χ1) is 5.77. The molecule has 0 saturated carbocycles. The summed E-state index contributed by atoms with van der Waals surface area (Å²) >= 11 is 0. The first kappa shape index (κ1) is 9.03. The molecule has 0 radical (unpaired) electrons. The van der Waals surface area contributed by atoms with E-state index in [0.717, 1.165) is 12.1 Å². The third-order valence-electron chi connectivity index (χ3n) is 1.80. The fourth-order valence-corrected chi connectivity index (χ4v) is 1.10. The van der Waals surface area contributed by atoms with Gasteiger partial charge in [-0.2, -0.15) is 5.10 Å². The molecule has 1 aliphatic rings. The van der Waals surface area contributed by atoms with Gasteiger partial charge in [0.2, 0.25) is 0 Å². The summed E-state index contributed by atoms with van der Waals surface area (Å²) in [5.41, 5.74) is 3.79. The van der Waals surface area contributed by atoms with Crippen LogP contribution in [0.3, 0.4) is 0 Å². The van der Waals surface area contributed by atoms with Crippen molar-refractivity contribution in [2.75, 3.05) is 6.61 Å². The van der Waals surface area contributed by atoms with Gasteiger partial charge in [0.1, 0.15) is 6.04 Å². The molecule has 1 aliphatic heterocycles. The average molecular weight is 170 g/mol. The number of hydrazone groups is 1. The summed E-state index contributed by atoms with van der Waals surface area (Å²) in [4.78, 5) is 11.1. The summed E-state index contributed by atoms with van der Waals surface area (Å²) in [5.74, 6) is -0.204. The van der Waals surface area contributed by atoms with Crippen LogP contribution in [0, 0.1) is 0 Å². The highest BCUT2D eigenvalue weighted by Crippen LogP contribution is 2.07. The highest BCUT2D eigenvalue weighted by Gasteiger charge is 2.25. The smallest absolute Gasteiger partial charge is 0.330 e. The van der Waals surface area contributed by atoms with Crippen LogP contribution >= 0.6 is 0 Å². The summed E-state index contributed by atoms with van der Waals surface area (Å²) in [6.45, 7) is 4.25. The van der Waals surface area contributed by atoms with Crippen LogP contribution in [0.5, 0.6) is 0 Å². The molecular weight excluding hydrogens is 156 g/mol. The lowest BCUT2D eigenvalue weighted by molar-refractivity contribution is -0.145. The van der Waals surface area contributed by atoms with Gasteiger partial charge in [-0.15, -0.1) is 0 Å². The second kappa shape index (κ2) is 4.09. The summed E-state index contributed by atoms with van der Waals surface area (Å²) < 4.78 is 4.84. The summed E-state index contributed by atoms with van der Waals surface area (Å²) in [6, 6.07) is -0.250. The van der Waals surface area contributed by atoms with Crippen LogP contribution in [0.25, 0.3) is 0 Å². The van der Waals surface area contributed by atoms with Gasteiger partial charge in [0.15, 0.2) is 0 Å². The molecule has 0 saturated heterocycles. The number of ether oxygens (including phenoxy) is 1. The van der Waals surface area contributed by atoms with Gasteiger partial charge in [0, 0.05) is 12.1 Å². The molecule has 1 N–H and O–H groups in total. The molecule has 0 aromatic heterocycles. The van der Waals surface area contributed by atoms with Gasteiger partial charge in [0.05, 0.1) is 6.61 Å². The van der Waals surface area contributed by atoms with Crippen molar-refractivity contribution in [1.29, 1.82) is 0 Å². The Labute approximate surface area is 72.0 Å². The van der Waals surface area contributed by atoms with E-state index >= 15 is 0 Å². The SMILES string of the molecule is CCOC(=O)C1CC(CC)=NN1. The number of carbonyl (C=O) groups is 1. The number of esters is 1.